The molecule has 2 unspecified atom stereocenters. The number of nitrogens with one attached hydrogen (secondary N) is 1. The number of carbonyl (C=O) groups is 1. The van der Waals surface area contributed by atoms with Gasteiger partial charge in [0.2, 0.25) is 0 Å². The second-order valence-electron chi connectivity index (χ2n) is 10.2. The van der Waals surface area contributed by atoms with Crippen molar-refractivity contribution in [2.45, 2.75) is 135 Å². The number of unbranched alkanes of at least 4 members (excludes halogenated alkanes) is 17. The van der Waals surface area contributed by atoms with Gasteiger partial charge in [-0.1, -0.05) is 116 Å². The van der Waals surface area contributed by atoms with E-state index in [9.17, 15) is 9.69 Å². The Bertz CT molecular complexity index is 471. The maximum absolute atomic E-state index is 11.6. The van der Waals surface area contributed by atoms with Gasteiger partial charge in [0.25, 0.3) is 0 Å². The van der Waals surface area contributed by atoms with Crippen LogP contribution in [0, 0.1) is 0 Å². The average molecular weight is 535 g/mol. The summed E-state index contributed by atoms with van der Waals surface area (Å²) in [5, 5.41) is 2.48. The standard InChI is InChI=1S/C28H59N2O5P/c1-5-6-7-8-9-10-11-12-13-14-15-16-17-18-19-20-21-22-23-27(35-28(31)29-2)26-34-36(32)33-25-24-30(3)4/h27,32H,5-26H2,1-4H3,(H,29,31). The van der Waals surface area contributed by atoms with Gasteiger partial charge in [-0.15, -0.1) is 0 Å². The third kappa shape index (κ3) is 26.6. The fourth-order valence-corrected chi connectivity index (χ4v) is 4.75. The van der Waals surface area contributed by atoms with Gasteiger partial charge >= 0.3 is 14.7 Å². The zero-order valence-corrected chi connectivity index (χ0v) is 25.0. The van der Waals surface area contributed by atoms with Gasteiger partial charge in [-0.05, 0) is 26.9 Å². The van der Waals surface area contributed by atoms with Crippen LogP contribution in [0.15, 0.2) is 0 Å². The Morgan fingerprint density at radius 1 is 0.778 bits per heavy atom. The molecule has 0 aliphatic rings. The molecule has 0 aromatic heterocycles. The van der Waals surface area contributed by atoms with Crippen molar-refractivity contribution in [1.82, 2.24) is 10.2 Å². The Morgan fingerprint density at radius 2 is 1.22 bits per heavy atom. The SMILES string of the molecule is CCCCCCCCCCCCCCCCCCCCC(COP(O)OCCN(C)C)OC(=O)NC. The van der Waals surface area contributed by atoms with Gasteiger partial charge in [-0.2, -0.15) is 0 Å². The largest absolute Gasteiger partial charge is 0.444 e. The molecule has 0 aromatic carbocycles. The van der Waals surface area contributed by atoms with Crippen LogP contribution in [0.4, 0.5) is 4.79 Å². The minimum atomic E-state index is -1.95. The molecule has 0 aromatic rings. The molecule has 0 saturated heterocycles. The fourth-order valence-electron chi connectivity index (χ4n) is 4.15. The highest BCUT2D eigenvalue weighted by atomic mass is 31.2. The molecule has 0 rings (SSSR count). The molecular formula is C28H59N2O5P. The smallest absolute Gasteiger partial charge is 0.407 e. The first kappa shape index (κ1) is 35.5. The lowest BCUT2D eigenvalue weighted by molar-refractivity contribution is 0.0521. The van der Waals surface area contributed by atoms with Crippen LogP contribution in [0.2, 0.25) is 0 Å². The van der Waals surface area contributed by atoms with Crippen LogP contribution < -0.4 is 5.32 Å². The molecule has 8 heteroatoms. The van der Waals surface area contributed by atoms with E-state index in [0.717, 1.165) is 19.3 Å². The van der Waals surface area contributed by atoms with E-state index in [1.165, 1.54) is 103 Å². The third-order valence-corrected chi connectivity index (χ3v) is 7.24. The second-order valence-corrected chi connectivity index (χ2v) is 11.2. The Balaban J connectivity index is 3.63. The van der Waals surface area contributed by atoms with E-state index in [0.29, 0.717) is 13.2 Å². The second kappa shape index (κ2) is 27.6. The highest BCUT2D eigenvalue weighted by molar-refractivity contribution is 7.40. The lowest BCUT2D eigenvalue weighted by Crippen LogP contribution is -2.29. The predicted octanol–water partition coefficient (Wildman–Crippen LogP) is 7.96. The van der Waals surface area contributed by atoms with Crippen molar-refractivity contribution < 1.29 is 23.5 Å². The van der Waals surface area contributed by atoms with E-state index in [4.69, 9.17) is 13.8 Å². The Kier molecular flexibility index (Phi) is 27.2. The number of likely N-dealkylation sites (N-methyl/N-ethyl adjacent to an activating group) is 1. The minimum Gasteiger partial charge on any atom is -0.444 e. The molecular weight excluding hydrogens is 475 g/mol. The van der Waals surface area contributed by atoms with Crippen LogP contribution in [-0.2, 0) is 13.8 Å². The van der Waals surface area contributed by atoms with Crippen molar-refractivity contribution in [2.75, 3.05) is 40.9 Å². The molecule has 7 nitrogen and oxygen atoms in total. The summed E-state index contributed by atoms with van der Waals surface area (Å²) in [5.41, 5.74) is 0. The molecule has 0 saturated carbocycles. The molecule has 2 N–H and O–H groups in total. The summed E-state index contributed by atoms with van der Waals surface area (Å²) >= 11 is 0. The number of ether oxygens (including phenoxy) is 1. The third-order valence-electron chi connectivity index (χ3n) is 6.47. The Hall–Kier alpha value is -0.460. The Morgan fingerprint density at radius 3 is 1.64 bits per heavy atom. The van der Waals surface area contributed by atoms with E-state index in [1.807, 2.05) is 19.0 Å². The van der Waals surface area contributed by atoms with Gasteiger partial charge in [0.15, 0.2) is 0 Å². The lowest BCUT2D eigenvalue weighted by Gasteiger charge is -2.19. The van der Waals surface area contributed by atoms with Crippen LogP contribution in [0.3, 0.4) is 0 Å². The number of nitrogens with zero attached hydrogens (tertiary/aromatic N) is 1. The Labute approximate surface area is 224 Å². The van der Waals surface area contributed by atoms with Crippen LogP contribution in [0.5, 0.6) is 0 Å². The van der Waals surface area contributed by atoms with Crippen molar-refractivity contribution in [2.24, 2.45) is 0 Å². The highest BCUT2D eigenvalue weighted by Gasteiger charge is 2.17. The van der Waals surface area contributed by atoms with Gasteiger partial charge in [-0.25, -0.2) is 4.79 Å². The van der Waals surface area contributed by atoms with E-state index in [1.54, 1.807) is 7.05 Å². The van der Waals surface area contributed by atoms with Crippen LogP contribution in [-0.4, -0.2) is 62.9 Å². The van der Waals surface area contributed by atoms with Crippen molar-refractivity contribution in [1.29, 1.82) is 0 Å². The predicted molar refractivity (Wildman–Crippen MR) is 152 cm³/mol. The van der Waals surface area contributed by atoms with Crippen molar-refractivity contribution in [3.63, 3.8) is 0 Å². The molecule has 216 valence electrons. The van der Waals surface area contributed by atoms with Crippen LogP contribution in [0.25, 0.3) is 0 Å². The van der Waals surface area contributed by atoms with E-state index < -0.39 is 14.7 Å². The topological polar surface area (TPSA) is 80.3 Å². The first-order valence-corrected chi connectivity index (χ1v) is 15.9. The molecule has 0 aliphatic carbocycles. The normalized spacial score (nSPS) is 13.2. The molecule has 0 spiro atoms. The molecule has 1 amide bonds. The van der Waals surface area contributed by atoms with Crippen LogP contribution >= 0.6 is 8.60 Å². The number of alkyl carbamates (subject to hydrolysis) is 1. The number of amides is 1. The van der Waals surface area contributed by atoms with Crippen molar-refractivity contribution >= 4 is 14.7 Å². The summed E-state index contributed by atoms with van der Waals surface area (Å²) in [7, 11) is 3.47. The van der Waals surface area contributed by atoms with Crippen LogP contribution in [0.1, 0.15) is 129 Å². The number of hydrogen-bond donors (Lipinski definition) is 2. The molecule has 0 aliphatic heterocycles. The van der Waals surface area contributed by atoms with Gasteiger partial charge < -0.3 is 28.9 Å². The molecule has 0 heterocycles. The first-order valence-electron chi connectivity index (χ1n) is 14.8. The summed E-state index contributed by atoms with van der Waals surface area (Å²) in [4.78, 5) is 23.5. The maximum atomic E-state index is 11.6. The molecule has 0 radical (unpaired) electrons. The summed E-state index contributed by atoms with van der Waals surface area (Å²) in [6, 6.07) is 0. The van der Waals surface area contributed by atoms with Crippen molar-refractivity contribution in [3.8, 4) is 0 Å². The van der Waals surface area contributed by atoms with E-state index in [2.05, 4.69) is 12.2 Å². The highest BCUT2D eigenvalue weighted by Crippen LogP contribution is 2.33. The number of rotatable bonds is 27. The first-order chi connectivity index (χ1) is 17.5. The zero-order chi connectivity index (χ0) is 26.7. The summed E-state index contributed by atoms with van der Waals surface area (Å²) in [5.74, 6) is 0. The van der Waals surface area contributed by atoms with Gasteiger partial charge in [-0.3, -0.25) is 0 Å². The molecule has 2 atom stereocenters. The van der Waals surface area contributed by atoms with Gasteiger partial charge in [0.1, 0.15) is 6.10 Å². The lowest BCUT2D eigenvalue weighted by atomic mass is 10.0. The summed E-state index contributed by atoms with van der Waals surface area (Å²) in [6.45, 7) is 3.54. The average Bonchev–Trinajstić information content (AvgIpc) is 2.86. The van der Waals surface area contributed by atoms with E-state index in [-0.39, 0.29) is 12.7 Å². The maximum Gasteiger partial charge on any atom is 0.407 e. The molecule has 0 fully saturated rings. The molecule has 36 heavy (non-hydrogen) atoms. The number of hydrogen-bond acceptors (Lipinski definition) is 6. The monoisotopic (exact) mass is 534 g/mol. The van der Waals surface area contributed by atoms with Gasteiger partial charge in [0, 0.05) is 13.6 Å². The molecule has 0 bridgehead atoms. The fraction of sp³-hybridized carbons (Fsp3) is 0.964. The number of carbonyl (C=O) groups excluding carboxylic acids is 1. The van der Waals surface area contributed by atoms with Crippen molar-refractivity contribution in [3.05, 3.63) is 0 Å². The minimum absolute atomic E-state index is 0.149. The quantitative estimate of drug-likeness (QED) is 0.0822. The van der Waals surface area contributed by atoms with E-state index >= 15 is 0 Å². The zero-order valence-electron chi connectivity index (χ0n) is 24.1. The summed E-state index contributed by atoms with van der Waals surface area (Å²) < 4.78 is 16.1. The van der Waals surface area contributed by atoms with Gasteiger partial charge in [0.05, 0.1) is 13.2 Å². The summed E-state index contributed by atoms with van der Waals surface area (Å²) in [6.07, 6.45) is 24.1.